The predicted molar refractivity (Wildman–Crippen MR) is 92.8 cm³/mol. The van der Waals surface area contributed by atoms with E-state index < -0.39 is 0 Å². The van der Waals surface area contributed by atoms with Crippen molar-refractivity contribution in [2.75, 3.05) is 5.75 Å². The lowest BCUT2D eigenvalue weighted by Crippen LogP contribution is -2.19. The Bertz CT molecular complexity index is 808. The van der Waals surface area contributed by atoms with Crippen molar-refractivity contribution < 1.29 is 13.9 Å². The molecule has 3 rings (SSSR count). The van der Waals surface area contributed by atoms with Crippen molar-refractivity contribution in [1.82, 2.24) is 5.32 Å². The summed E-state index contributed by atoms with van der Waals surface area (Å²) in [6, 6.07) is 13.7. The van der Waals surface area contributed by atoms with Gasteiger partial charge in [-0.3, -0.25) is 4.79 Å². The maximum absolute atomic E-state index is 13.6. The van der Waals surface area contributed by atoms with Gasteiger partial charge in [0, 0.05) is 11.1 Å². The molecule has 1 heterocycles. The lowest BCUT2D eigenvalue weighted by atomic mass is 10.2. The zero-order chi connectivity index (χ0) is 16.8. The number of rotatable bonds is 5. The van der Waals surface area contributed by atoms with Crippen molar-refractivity contribution in [3.8, 4) is 5.75 Å². The molecular weight excluding hydrogens is 329 g/mol. The average Bonchev–Trinajstić information content (AvgIpc) is 3.00. The fraction of sp³-hybridized carbons (Fsp3) is 0.118. The molecule has 0 saturated carbocycles. The molecule has 0 unspecified atom stereocenters. The molecule has 2 aromatic rings. The van der Waals surface area contributed by atoms with Gasteiger partial charge in [0.2, 0.25) is 5.91 Å². The van der Waals surface area contributed by atoms with Crippen molar-refractivity contribution in [1.29, 1.82) is 0 Å². The Balaban J connectivity index is 1.69. The summed E-state index contributed by atoms with van der Waals surface area (Å²) < 4.78 is 19.3. The van der Waals surface area contributed by atoms with Gasteiger partial charge in [-0.1, -0.05) is 42.1 Å². The molecule has 1 fully saturated rings. The van der Waals surface area contributed by atoms with Crippen LogP contribution in [0, 0.1) is 5.82 Å². The van der Waals surface area contributed by atoms with Gasteiger partial charge < -0.3 is 10.1 Å². The first kappa shape index (κ1) is 16.2. The monoisotopic (exact) mass is 343 g/mol. The Morgan fingerprint density at radius 2 is 2.00 bits per heavy atom. The van der Waals surface area contributed by atoms with Gasteiger partial charge in [-0.25, -0.2) is 4.39 Å². The zero-order valence-electron chi connectivity index (χ0n) is 12.6. The van der Waals surface area contributed by atoms with Crippen molar-refractivity contribution in [2.24, 2.45) is 10.2 Å². The molecule has 1 aliphatic rings. The highest BCUT2D eigenvalue weighted by Gasteiger charge is 2.15. The van der Waals surface area contributed by atoms with Gasteiger partial charge in [0.1, 0.15) is 18.2 Å². The van der Waals surface area contributed by atoms with Crippen LogP contribution in [0.2, 0.25) is 0 Å². The standard InChI is InChI=1S/C17H14FN3O2S/c18-14-7-3-1-6-13(14)10-23-15-8-4-2-5-12(15)9-19-21-17-20-16(22)11-24-17/h1-9H,10-11H2,(H,20,21,22). The number of nitrogens with zero attached hydrogens (tertiary/aromatic N) is 2. The van der Waals surface area contributed by atoms with Crippen LogP contribution >= 0.6 is 11.8 Å². The summed E-state index contributed by atoms with van der Waals surface area (Å²) in [4.78, 5) is 11.1. The predicted octanol–water partition coefficient (Wildman–Crippen LogP) is 2.96. The molecule has 5 nitrogen and oxygen atoms in total. The molecule has 7 heteroatoms. The molecule has 0 bridgehead atoms. The smallest absolute Gasteiger partial charge is 0.236 e. The van der Waals surface area contributed by atoms with Crippen LogP contribution in [0.4, 0.5) is 4.39 Å². The van der Waals surface area contributed by atoms with E-state index in [4.69, 9.17) is 4.74 Å². The molecule has 0 aliphatic carbocycles. The van der Waals surface area contributed by atoms with Crippen LogP contribution in [0.15, 0.2) is 58.7 Å². The lowest BCUT2D eigenvalue weighted by molar-refractivity contribution is -0.116. The highest BCUT2D eigenvalue weighted by molar-refractivity contribution is 8.15. The summed E-state index contributed by atoms with van der Waals surface area (Å²) in [5, 5.41) is 11.0. The third-order valence-electron chi connectivity index (χ3n) is 3.19. The van der Waals surface area contributed by atoms with E-state index in [9.17, 15) is 9.18 Å². The number of carbonyl (C=O) groups is 1. The summed E-state index contributed by atoms with van der Waals surface area (Å²) in [5.41, 5.74) is 1.20. The van der Waals surface area contributed by atoms with Crippen LogP contribution in [0.1, 0.15) is 11.1 Å². The number of hydrogen-bond donors (Lipinski definition) is 1. The molecule has 0 aromatic heterocycles. The van der Waals surface area contributed by atoms with E-state index in [2.05, 4.69) is 15.5 Å². The quantitative estimate of drug-likeness (QED) is 0.671. The first-order chi connectivity index (χ1) is 11.7. The number of amidine groups is 1. The van der Waals surface area contributed by atoms with Gasteiger partial charge >= 0.3 is 0 Å². The Morgan fingerprint density at radius 3 is 2.79 bits per heavy atom. The number of amides is 1. The maximum atomic E-state index is 13.6. The number of para-hydroxylation sites is 1. The van der Waals surface area contributed by atoms with E-state index >= 15 is 0 Å². The number of hydrogen-bond acceptors (Lipinski definition) is 5. The number of benzene rings is 2. The second-order valence-electron chi connectivity index (χ2n) is 4.90. The fourth-order valence-electron chi connectivity index (χ4n) is 2.01. The molecule has 1 amide bonds. The van der Waals surface area contributed by atoms with Crippen LogP contribution in [-0.4, -0.2) is 23.0 Å². The summed E-state index contributed by atoms with van der Waals surface area (Å²) >= 11 is 1.30. The number of nitrogens with one attached hydrogen (secondary N) is 1. The molecule has 1 saturated heterocycles. The van der Waals surface area contributed by atoms with Crippen LogP contribution in [0.25, 0.3) is 0 Å². The van der Waals surface area contributed by atoms with E-state index in [-0.39, 0.29) is 18.3 Å². The van der Waals surface area contributed by atoms with Gasteiger partial charge in [0.05, 0.1) is 12.0 Å². The normalized spacial score (nSPS) is 15.9. The number of thioether (sulfide) groups is 1. The topological polar surface area (TPSA) is 63.0 Å². The molecule has 0 spiro atoms. The minimum Gasteiger partial charge on any atom is -0.488 e. The molecule has 1 N–H and O–H groups in total. The molecule has 2 aromatic carbocycles. The Labute approximate surface area is 142 Å². The van der Waals surface area contributed by atoms with E-state index in [1.165, 1.54) is 24.0 Å². The minimum atomic E-state index is -0.302. The van der Waals surface area contributed by atoms with Crippen LogP contribution in [0.3, 0.4) is 0 Å². The lowest BCUT2D eigenvalue weighted by Gasteiger charge is -2.09. The van der Waals surface area contributed by atoms with Gasteiger partial charge in [-0.15, -0.1) is 5.10 Å². The zero-order valence-corrected chi connectivity index (χ0v) is 13.4. The van der Waals surface area contributed by atoms with Crippen molar-refractivity contribution in [3.63, 3.8) is 0 Å². The average molecular weight is 343 g/mol. The number of ether oxygens (including phenoxy) is 1. The third kappa shape index (κ3) is 4.20. The van der Waals surface area contributed by atoms with Gasteiger partial charge in [-0.05, 0) is 18.2 Å². The molecule has 1 aliphatic heterocycles. The third-order valence-corrected chi connectivity index (χ3v) is 4.06. The summed E-state index contributed by atoms with van der Waals surface area (Å²) in [7, 11) is 0. The van der Waals surface area contributed by atoms with Crippen molar-refractivity contribution in [3.05, 3.63) is 65.5 Å². The highest BCUT2D eigenvalue weighted by Crippen LogP contribution is 2.19. The molecular formula is C17H14FN3O2S. The minimum absolute atomic E-state index is 0.0810. The van der Waals surface area contributed by atoms with E-state index in [0.29, 0.717) is 27.8 Å². The summed E-state index contributed by atoms with van der Waals surface area (Å²) in [6.45, 7) is 0.123. The van der Waals surface area contributed by atoms with E-state index in [1.54, 1.807) is 24.3 Å². The number of halogens is 1. The van der Waals surface area contributed by atoms with Crippen LogP contribution in [0.5, 0.6) is 5.75 Å². The van der Waals surface area contributed by atoms with E-state index in [1.807, 2.05) is 18.2 Å². The van der Waals surface area contributed by atoms with Crippen LogP contribution in [-0.2, 0) is 11.4 Å². The first-order valence-corrected chi connectivity index (χ1v) is 8.20. The highest BCUT2D eigenvalue weighted by atomic mass is 32.2. The van der Waals surface area contributed by atoms with Gasteiger partial charge in [0.15, 0.2) is 5.17 Å². The van der Waals surface area contributed by atoms with Gasteiger partial charge in [-0.2, -0.15) is 5.10 Å². The Hall–Kier alpha value is -2.67. The van der Waals surface area contributed by atoms with E-state index in [0.717, 1.165) is 0 Å². The van der Waals surface area contributed by atoms with Crippen molar-refractivity contribution >= 4 is 29.1 Å². The number of carbonyl (C=O) groups excluding carboxylic acids is 1. The molecule has 0 radical (unpaired) electrons. The summed E-state index contributed by atoms with van der Waals surface area (Å²) in [5.74, 6) is 0.552. The molecule has 0 atom stereocenters. The molecule has 24 heavy (non-hydrogen) atoms. The van der Waals surface area contributed by atoms with Gasteiger partial charge in [0.25, 0.3) is 0 Å². The van der Waals surface area contributed by atoms with Crippen molar-refractivity contribution in [2.45, 2.75) is 6.61 Å². The SMILES string of the molecule is O=C1CSC(=NN=Cc2ccccc2OCc2ccccc2F)N1. The van der Waals surface area contributed by atoms with Crippen LogP contribution < -0.4 is 10.1 Å². The largest absolute Gasteiger partial charge is 0.488 e. The first-order valence-electron chi connectivity index (χ1n) is 7.21. The molecule has 122 valence electrons. The Morgan fingerprint density at radius 1 is 1.21 bits per heavy atom. The maximum Gasteiger partial charge on any atom is 0.236 e. The summed E-state index contributed by atoms with van der Waals surface area (Å²) in [6.07, 6.45) is 1.54. The second kappa shape index (κ2) is 7.74. The Kier molecular flexibility index (Phi) is 5.22. The fourth-order valence-corrected chi connectivity index (χ4v) is 2.64. The second-order valence-corrected chi connectivity index (χ2v) is 5.87.